The van der Waals surface area contributed by atoms with E-state index in [4.69, 9.17) is 5.73 Å². The molecule has 0 aliphatic carbocycles. The van der Waals surface area contributed by atoms with Crippen molar-refractivity contribution in [2.45, 2.75) is 32.7 Å². The fourth-order valence-electron chi connectivity index (χ4n) is 2.59. The lowest BCUT2D eigenvalue weighted by Gasteiger charge is -2.29. The van der Waals surface area contributed by atoms with E-state index in [1.165, 1.54) is 16.7 Å². The van der Waals surface area contributed by atoms with E-state index in [2.05, 4.69) is 75.4 Å². The summed E-state index contributed by atoms with van der Waals surface area (Å²) >= 11 is 0. The minimum atomic E-state index is 0.128. The van der Waals surface area contributed by atoms with E-state index >= 15 is 0 Å². The Labute approximate surface area is 116 Å². The highest BCUT2D eigenvalue weighted by atomic mass is 14.7. The summed E-state index contributed by atoms with van der Waals surface area (Å²) in [5, 5.41) is 0. The second kappa shape index (κ2) is 6.03. The molecule has 0 aromatic heterocycles. The topological polar surface area (TPSA) is 26.0 Å². The lowest BCUT2D eigenvalue weighted by atomic mass is 9.79. The summed E-state index contributed by atoms with van der Waals surface area (Å²) in [5.74, 6) is 0.715. The molecule has 2 unspecified atom stereocenters. The van der Waals surface area contributed by atoms with E-state index in [9.17, 15) is 0 Å². The molecule has 0 aliphatic heterocycles. The van der Waals surface area contributed by atoms with Crippen LogP contribution < -0.4 is 5.73 Å². The predicted octanol–water partition coefficient (Wildman–Crippen LogP) is 4.11. The maximum Gasteiger partial charge on any atom is 0.0246 e. The Hall–Kier alpha value is -1.60. The summed E-state index contributed by atoms with van der Waals surface area (Å²) in [6.07, 6.45) is 0. The Balaban J connectivity index is 2.50. The number of hydrogen-bond donors (Lipinski definition) is 1. The van der Waals surface area contributed by atoms with Crippen molar-refractivity contribution in [2.75, 3.05) is 0 Å². The van der Waals surface area contributed by atoms with E-state index in [0.29, 0.717) is 5.92 Å². The van der Waals surface area contributed by atoms with Crippen LogP contribution in [0.3, 0.4) is 0 Å². The summed E-state index contributed by atoms with van der Waals surface area (Å²) < 4.78 is 0. The fourth-order valence-corrected chi connectivity index (χ4v) is 2.59. The van der Waals surface area contributed by atoms with E-state index in [1.807, 2.05) is 0 Å². The van der Waals surface area contributed by atoms with Crippen LogP contribution in [0.2, 0.25) is 0 Å². The van der Waals surface area contributed by atoms with Crippen LogP contribution in [-0.4, -0.2) is 6.04 Å². The maximum atomic E-state index is 6.49. The molecule has 2 N–H and O–H groups in total. The van der Waals surface area contributed by atoms with Gasteiger partial charge in [0.05, 0.1) is 0 Å². The zero-order valence-electron chi connectivity index (χ0n) is 12.0. The number of benzene rings is 2. The zero-order valence-corrected chi connectivity index (χ0v) is 12.0. The summed E-state index contributed by atoms with van der Waals surface area (Å²) in [4.78, 5) is 0. The molecule has 0 saturated heterocycles. The summed E-state index contributed by atoms with van der Waals surface area (Å²) in [7, 11) is 0. The van der Waals surface area contributed by atoms with E-state index in [0.717, 1.165) is 0 Å². The van der Waals surface area contributed by atoms with Crippen molar-refractivity contribution >= 4 is 0 Å². The van der Waals surface area contributed by atoms with Gasteiger partial charge in [0.15, 0.2) is 0 Å². The highest BCUT2D eigenvalue weighted by Crippen LogP contribution is 2.32. The van der Waals surface area contributed by atoms with Crippen LogP contribution in [0.25, 0.3) is 0 Å². The molecule has 0 radical (unpaired) electrons. The van der Waals surface area contributed by atoms with Gasteiger partial charge in [0.25, 0.3) is 0 Å². The van der Waals surface area contributed by atoms with Crippen molar-refractivity contribution < 1.29 is 0 Å². The van der Waals surface area contributed by atoms with Gasteiger partial charge in [-0.05, 0) is 29.5 Å². The Bertz CT molecular complexity index is 516. The molecule has 2 rings (SSSR count). The molecule has 0 amide bonds. The molecule has 2 aromatic carbocycles. The number of nitrogens with two attached hydrogens (primary N) is 1. The predicted molar refractivity (Wildman–Crippen MR) is 82.3 cm³/mol. The van der Waals surface area contributed by atoms with Crippen molar-refractivity contribution in [1.29, 1.82) is 0 Å². The van der Waals surface area contributed by atoms with Gasteiger partial charge >= 0.3 is 0 Å². The molecule has 1 heteroatoms. The van der Waals surface area contributed by atoms with Gasteiger partial charge in [-0.15, -0.1) is 0 Å². The van der Waals surface area contributed by atoms with Gasteiger partial charge in [-0.1, -0.05) is 68.4 Å². The molecule has 0 spiro atoms. The normalized spacial score (nSPS) is 14.4. The summed E-state index contributed by atoms with van der Waals surface area (Å²) in [6.45, 7) is 6.55. The van der Waals surface area contributed by atoms with Crippen molar-refractivity contribution in [2.24, 2.45) is 11.7 Å². The molecule has 0 bridgehead atoms. The molecule has 2 atom stereocenters. The standard InChI is InChI=1S/C18H23N/c1-13(2)18(19)17(15-10-5-4-6-11-15)16-12-8-7-9-14(16)3/h4-13,17-18H,19H2,1-3H3. The smallest absolute Gasteiger partial charge is 0.0246 e. The highest BCUT2D eigenvalue weighted by molar-refractivity contribution is 5.39. The molecule has 1 nitrogen and oxygen atoms in total. The van der Waals surface area contributed by atoms with Crippen LogP contribution in [0, 0.1) is 12.8 Å². The third kappa shape index (κ3) is 3.05. The molecule has 100 valence electrons. The van der Waals surface area contributed by atoms with E-state index in [-0.39, 0.29) is 12.0 Å². The Morgan fingerprint density at radius 3 is 2.00 bits per heavy atom. The maximum absolute atomic E-state index is 6.49. The molecule has 0 fully saturated rings. The fraction of sp³-hybridized carbons (Fsp3) is 0.333. The van der Waals surface area contributed by atoms with Crippen LogP contribution in [-0.2, 0) is 0 Å². The molecule has 2 aromatic rings. The van der Waals surface area contributed by atoms with Gasteiger partial charge < -0.3 is 5.73 Å². The first-order valence-electron chi connectivity index (χ1n) is 6.97. The van der Waals surface area contributed by atoms with Gasteiger partial charge in [-0.3, -0.25) is 0 Å². The zero-order chi connectivity index (χ0) is 13.8. The van der Waals surface area contributed by atoms with Gasteiger partial charge in [0, 0.05) is 12.0 Å². The highest BCUT2D eigenvalue weighted by Gasteiger charge is 2.25. The van der Waals surface area contributed by atoms with Gasteiger partial charge in [0.1, 0.15) is 0 Å². The SMILES string of the molecule is Cc1ccccc1C(c1ccccc1)C(N)C(C)C. The molecule has 0 heterocycles. The van der Waals surface area contributed by atoms with Crippen LogP contribution in [0.1, 0.15) is 36.5 Å². The first-order chi connectivity index (χ1) is 9.11. The third-order valence-corrected chi connectivity index (χ3v) is 3.84. The molecule has 0 saturated carbocycles. The van der Waals surface area contributed by atoms with Crippen LogP contribution in [0.4, 0.5) is 0 Å². The third-order valence-electron chi connectivity index (χ3n) is 3.84. The molecular formula is C18H23N. The quantitative estimate of drug-likeness (QED) is 0.872. The largest absolute Gasteiger partial charge is 0.327 e. The lowest BCUT2D eigenvalue weighted by molar-refractivity contribution is 0.449. The lowest BCUT2D eigenvalue weighted by Crippen LogP contribution is -2.34. The average Bonchev–Trinajstić information content (AvgIpc) is 2.42. The molecule has 0 aliphatic rings. The number of rotatable bonds is 4. The second-order valence-electron chi connectivity index (χ2n) is 5.57. The monoisotopic (exact) mass is 253 g/mol. The minimum Gasteiger partial charge on any atom is -0.327 e. The van der Waals surface area contributed by atoms with Crippen molar-refractivity contribution in [3.05, 3.63) is 71.3 Å². The van der Waals surface area contributed by atoms with Crippen LogP contribution >= 0.6 is 0 Å². The van der Waals surface area contributed by atoms with Crippen LogP contribution in [0.5, 0.6) is 0 Å². The van der Waals surface area contributed by atoms with Crippen LogP contribution in [0.15, 0.2) is 54.6 Å². The Morgan fingerprint density at radius 1 is 0.842 bits per heavy atom. The number of aryl methyl sites for hydroxylation is 1. The summed E-state index contributed by atoms with van der Waals surface area (Å²) in [5.41, 5.74) is 10.5. The van der Waals surface area contributed by atoms with E-state index in [1.54, 1.807) is 0 Å². The van der Waals surface area contributed by atoms with Crippen molar-refractivity contribution in [3.63, 3.8) is 0 Å². The van der Waals surface area contributed by atoms with Gasteiger partial charge in [0.2, 0.25) is 0 Å². The van der Waals surface area contributed by atoms with E-state index < -0.39 is 0 Å². The van der Waals surface area contributed by atoms with Crippen molar-refractivity contribution in [3.8, 4) is 0 Å². The first kappa shape index (κ1) is 13.8. The molecular weight excluding hydrogens is 230 g/mol. The molecule has 19 heavy (non-hydrogen) atoms. The van der Waals surface area contributed by atoms with Crippen molar-refractivity contribution in [1.82, 2.24) is 0 Å². The Morgan fingerprint density at radius 2 is 1.42 bits per heavy atom. The number of hydrogen-bond acceptors (Lipinski definition) is 1. The first-order valence-corrected chi connectivity index (χ1v) is 6.97. The second-order valence-corrected chi connectivity index (χ2v) is 5.57. The summed E-state index contributed by atoms with van der Waals surface area (Å²) in [6, 6.07) is 19.3. The van der Waals surface area contributed by atoms with Gasteiger partial charge in [-0.25, -0.2) is 0 Å². The minimum absolute atomic E-state index is 0.128. The van der Waals surface area contributed by atoms with Gasteiger partial charge in [-0.2, -0.15) is 0 Å². The Kier molecular flexibility index (Phi) is 4.39. The average molecular weight is 253 g/mol.